The third-order valence-electron chi connectivity index (χ3n) is 7.99. The Balaban J connectivity index is 1.70. The van der Waals surface area contributed by atoms with Gasteiger partial charge in [0.2, 0.25) is 0 Å². The van der Waals surface area contributed by atoms with Crippen molar-refractivity contribution in [2.45, 2.75) is 90.3 Å². The molecule has 2 unspecified atom stereocenters. The average molecular weight is 474 g/mol. The molecule has 1 aliphatic rings. The van der Waals surface area contributed by atoms with Gasteiger partial charge in [0.25, 0.3) is 0 Å². The number of nitrogens with one attached hydrogen (secondary N) is 1. The molecule has 0 radical (unpaired) electrons. The normalized spacial score (nSPS) is 18.0. The highest BCUT2D eigenvalue weighted by Crippen LogP contribution is 2.43. The van der Waals surface area contributed by atoms with Crippen LogP contribution in [0.4, 0.5) is 5.82 Å². The number of ketones is 1. The molecule has 0 amide bonds. The van der Waals surface area contributed by atoms with Gasteiger partial charge in [-0.1, -0.05) is 68.4 Å². The summed E-state index contributed by atoms with van der Waals surface area (Å²) in [5.74, 6) is 0.965. The van der Waals surface area contributed by atoms with Gasteiger partial charge in [-0.2, -0.15) is 5.10 Å². The summed E-state index contributed by atoms with van der Waals surface area (Å²) in [6.45, 7) is 12.4. The lowest BCUT2D eigenvalue weighted by atomic mass is 9.71. The smallest absolute Gasteiger partial charge is 0.169 e. The molecule has 0 bridgehead atoms. The highest BCUT2D eigenvalue weighted by molar-refractivity contribution is 6.02. The molecular weight excluding hydrogens is 434 g/mol. The molecule has 186 valence electrons. The minimum atomic E-state index is -0.503. The summed E-state index contributed by atoms with van der Waals surface area (Å²) in [6.07, 6.45) is 2.53. The summed E-state index contributed by atoms with van der Waals surface area (Å²) >= 11 is 0. The van der Waals surface area contributed by atoms with Crippen molar-refractivity contribution in [3.63, 3.8) is 0 Å². The number of hydrogen-bond donors (Lipinski definition) is 2. The SMILES string of the molecule is CCC(CC)(CC(=O)c1c(C)nn2c1NC(c1ccccc1)CC2(C)C)c1ccc(C(C)O)cc1. The van der Waals surface area contributed by atoms with E-state index in [9.17, 15) is 9.90 Å². The fourth-order valence-corrected chi connectivity index (χ4v) is 5.64. The van der Waals surface area contributed by atoms with Gasteiger partial charge in [0.1, 0.15) is 5.82 Å². The standard InChI is InChI=1S/C30H39N3O2/c1-7-30(8-2,24-16-14-22(15-17-24)21(4)34)19-26(35)27-20(3)32-33-28(27)31-25(18-29(33,5)6)23-12-10-9-11-13-23/h9-17,21,25,31,34H,7-8,18-19H2,1-6H3. The number of aryl methyl sites for hydroxylation is 1. The van der Waals surface area contributed by atoms with E-state index in [-0.39, 0.29) is 22.8 Å². The van der Waals surface area contributed by atoms with E-state index in [1.54, 1.807) is 6.92 Å². The van der Waals surface area contributed by atoms with E-state index in [4.69, 9.17) is 5.10 Å². The van der Waals surface area contributed by atoms with Crippen molar-refractivity contribution < 1.29 is 9.90 Å². The van der Waals surface area contributed by atoms with Crippen LogP contribution in [0.15, 0.2) is 54.6 Å². The van der Waals surface area contributed by atoms with E-state index < -0.39 is 6.10 Å². The summed E-state index contributed by atoms with van der Waals surface area (Å²) in [6, 6.07) is 18.7. The molecule has 0 fully saturated rings. The molecule has 2 atom stereocenters. The average Bonchev–Trinajstić information content (AvgIpc) is 3.20. The van der Waals surface area contributed by atoms with Crippen molar-refractivity contribution in [2.24, 2.45) is 0 Å². The summed E-state index contributed by atoms with van der Waals surface area (Å²) in [5.41, 5.74) is 4.27. The molecule has 5 nitrogen and oxygen atoms in total. The minimum absolute atomic E-state index is 0.122. The fourth-order valence-electron chi connectivity index (χ4n) is 5.64. The highest BCUT2D eigenvalue weighted by Gasteiger charge is 2.40. The van der Waals surface area contributed by atoms with E-state index in [1.807, 2.05) is 29.8 Å². The van der Waals surface area contributed by atoms with Crippen LogP contribution in [0.2, 0.25) is 0 Å². The van der Waals surface area contributed by atoms with E-state index in [0.29, 0.717) is 12.0 Å². The Bertz CT molecular complexity index is 1170. The number of aliphatic hydroxyl groups is 1. The maximum Gasteiger partial charge on any atom is 0.169 e. The predicted octanol–water partition coefficient (Wildman–Crippen LogP) is 6.87. The number of aromatic nitrogens is 2. The molecule has 2 N–H and O–H groups in total. The number of carbonyl (C=O) groups excluding carboxylic acids is 1. The van der Waals surface area contributed by atoms with Gasteiger partial charge in [-0.3, -0.25) is 4.79 Å². The maximum absolute atomic E-state index is 14.0. The van der Waals surface area contributed by atoms with Crippen molar-refractivity contribution in [3.8, 4) is 0 Å². The number of benzene rings is 2. The first-order chi connectivity index (χ1) is 16.6. The zero-order chi connectivity index (χ0) is 25.4. The monoisotopic (exact) mass is 473 g/mol. The summed E-state index contributed by atoms with van der Waals surface area (Å²) in [4.78, 5) is 14.0. The number of anilines is 1. The third-order valence-corrected chi connectivity index (χ3v) is 7.99. The molecular formula is C30H39N3O2. The molecule has 5 heteroatoms. The van der Waals surface area contributed by atoms with Gasteiger partial charge in [0, 0.05) is 11.8 Å². The first-order valence-corrected chi connectivity index (χ1v) is 12.8. The molecule has 0 aliphatic carbocycles. The van der Waals surface area contributed by atoms with Gasteiger partial charge in [-0.25, -0.2) is 4.68 Å². The van der Waals surface area contributed by atoms with E-state index in [1.165, 1.54) is 5.56 Å². The molecule has 0 saturated carbocycles. The van der Waals surface area contributed by atoms with Gasteiger partial charge >= 0.3 is 0 Å². The number of aliphatic hydroxyl groups excluding tert-OH is 1. The number of hydrogen-bond acceptors (Lipinski definition) is 4. The molecule has 35 heavy (non-hydrogen) atoms. The molecule has 2 heterocycles. The lowest BCUT2D eigenvalue weighted by molar-refractivity contribution is 0.0944. The number of carbonyl (C=O) groups is 1. The Morgan fingerprint density at radius 2 is 1.77 bits per heavy atom. The fraction of sp³-hybridized carbons (Fsp3) is 0.467. The minimum Gasteiger partial charge on any atom is -0.389 e. The zero-order valence-corrected chi connectivity index (χ0v) is 21.9. The molecule has 1 aromatic heterocycles. The van der Waals surface area contributed by atoms with E-state index in [2.05, 4.69) is 69.4 Å². The first-order valence-electron chi connectivity index (χ1n) is 12.8. The van der Waals surface area contributed by atoms with Crippen LogP contribution in [0, 0.1) is 6.92 Å². The van der Waals surface area contributed by atoms with E-state index >= 15 is 0 Å². The van der Waals surface area contributed by atoms with Gasteiger partial charge < -0.3 is 10.4 Å². The first kappa shape index (κ1) is 25.2. The van der Waals surface area contributed by atoms with Gasteiger partial charge in [-0.05, 0) is 63.6 Å². The zero-order valence-electron chi connectivity index (χ0n) is 21.9. The molecule has 0 saturated heterocycles. The molecule has 4 rings (SSSR count). The Kier molecular flexibility index (Phi) is 6.92. The Labute approximate surface area is 209 Å². The summed E-state index contributed by atoms with van der Waals surface area (Å²) in [5, 5.41) is 18.4. The van der Waals surface area contributed by atoms with Gasteiger partial charge in [-0.15, -0.1) is 0 Å². The van der Waals surface area contributed by atoms with Crippen molar-refractivity contribution in [1.82, 2.24) is 9.78 Å². The summed E-state index contributed by atoms with van der Waals surface area (Å²) < 4.78 is 2.02. The number of rotatable bonds is 8. The second kappa shape index (κ2) is 9.62. The Hall–Kier alpha value is -2.92. The second-order valence-corrected chi connectivity index (χ2v) is 10.7. The topological polar surface area (TPSA) is 67.2 Å². The van der Waals surface area contributed by atoms with Crippen LogP contribution < -0.4 is 5.32 Å². The molecule has 3 aromatic rings. The van der Waals surface area contributed by atoms with Crippen LogP contribution in [-0.2, 0) is 11.0 Å². The van der Waals surface area contributed by atoms with E-state index in [0.717, 1.165) is 41.9 Å². The van der Waals surface area contributed by atoms with Crippen molar-refractivity contribution in [1.29, 1.82) is 0 Å². The lowest BCUT2D eigenvalue weighted by Gasteiger charge is -2.38. The third kappa shape index (κ3) is 4.66. The molecule has 2 aromatic carbocycles. The predicted molar refractivity (Wildman–Crippen MR) is 142 cm³/mol. The van der Waals surface area contributed by atoms with Crippen LogP contribution in [0.25, 0.3) is 0 Å². The van der Waals surface area contributed by atoms with Crippen molar-refractivity contribution in [2.75, 3.05) is 5.32 Å². The van der Waals surface area contributed by atoms with Crippen LogP contribution in [0.1, 0.15) is 105 Å². The Morgan fingerprint density at radius 3 is 2.34 bits per heavy atom. The number of fused-ring (bicyclic) bond motifs is 1. The molecule has 1 aliphatic heterocycles. The van der Waals surface area contributed by atoms with Crippen LogP contribution in [0.3, 0.4) is 0 Å². The number of Topliss-reactive ketones (excluding diaryl/α,β-unsaturated/α-hetero) is 1. The highest BCUT2D eigenvalue weighted by atomic mass is 16.3. The maximum atomic E-state index is 14.0. The quantitative estimate of drug-likeness (QED) is 0.350. The molecule has 0 spiro atoms. The van der Waals surface area contributed by atoms with Crippen molar-refractivity contribution in [3.05, 3.63) is 82.5 Å². The second-order valence-electron chi connectivity index (χ2n) is 10.7. The van der Waals surface area contributed by atoms with Crippen LogP contribution in [0.5, 0.6) is 0 Å². The largest absolute Gasteiger partial charge is 0.389 e. The lowest BCUT2D eigenvalue weighted by Crippen LogP contribution is -2.38. The van der Waals surface area contributed by atoms with Crippen molar-refractivity contribution >= 4 is 11.6 Å². The summed E-state index contributed by atoms with van der Waals surface area (Å²) in [7, 11) is 0. The Morgan fingerprint density at radius 1 is 1.14 bits per heavy atom. The van der Waals surface area contributed by atoms with Gasteiger partial charge in [0.05, 0.1) is 28.9 Å². The van der Waals surface area contributed by atoms with Crippen LogP contribution >= 0.6 is 0 Å². The number of nitrogens with zero attached hydrogens (tertiary/aromatic N) is 2. The van der Waals surface area contributed by atoms with Crippen LogP contribution in [-0.4, -0.2) is 20.7 Å². The van der Waals surface area contributed by atoms with Gasteiger partial charge in [0.15, 0.2) is 5.78 Å².